The first-order valence-electron chi connectivity index (χ1n) is 14.8. The first-order valence-corrected chi connectivity index (χ1v) is 19.2. The lowest BCUT2D eigenvalue weighted by molar-refractivity contribution is 0.0929. The molecule has 0 radical (unpaired) electrons. The van der Waals surface area contributed by atoms with Crippen molar-refractivity contribution in [3.63, 3.8) is 0 Å². The summed E-state index contributed by atoms with van der Waals surface area (Å²) in [5, 5.41) is 12.5. The first-order chi connectivity index (χ1) is 20.2. The van der Waals surface area contributed by atoms with Crippen molar-refractivity contribution >= 4 is 35.8 Å². The quantitative estimate of drug-likeness (QED) is 0.222. The SMILES string of the molecule is CCOc1ncc(S(=O)(=O)N2CCN(CC)CC2)cc1NC(=O)c1c(C(=O)NCCO[Si](C)(C)C(C)(C)C)n[nH]c1CC. The van der Waals surface area contributed by atoms with E-state index in [4.69, 9.17) is 9.16 Å². The van der Waals surface area contributed by atoms with E-state index in [0.717, 1.165) is 6.54 Å². The van der Waals surface area contributed by atoms with Crippen LogP contribution in [0.25, 0.3) is 0 Å². The molecule has 3 N–H and O–H groups in total. The highest BCUT2D eigenvalue weighted by atomic mass is 32.2. The van der Waals surface area contributed by atoms with Gasteiger partial charge in [0.25, 0.3) is 11.8 Å². The summed E-state index contributed by atoms with van der Waals surface area (Å²) in [4.78, 5) is 33.1. The molecule has 2 aromatic heterocycles. The summed E-state index contributed by atoms with van der Waals surface area (Å²) in [6.45, 7) is 20.0. The lowest BCUT2D eigenvalue weighted by Crippen LogP contribution is -2.48. The van der Waals surface area contributed by atoms with Gasteiger partial charge in [-0.15, -0.1) is 0 Å². The summed E-state index contributed by atoms with van der Waals surface area (Å²) in [6.07, 6.45) is 1.65. The van der Waals surface area contributed by atoms with Gasteiger partial charge in [-0.2, -0.15) is 9.40 Å². The Morgan fingerprint density at radius 2 is 1.77 bits per heavy atom. The van der Waals surface area contributed by atoms with Crippen molar-refractivity contribution in [2.75, 3.05) is 57.8 Å². The van der Waals surface area contributed by atoms with Crippen LogP contribution in [0, 0.1) is 0 Å². The summed E-state index contributed by atoms with van der Waals surface area (Å²) < 4.78 is 40.0. The summed E-state index contributed by atoms with van der Waals surface area (Å²) in [6, 6.07) is 1.35. The molecule has 2 amide bonds. The van der Waals surface area contributed by atoms with E-state index in [0.29, 0.717) is 44.9 Å². The Morgan fingerprint density at radius 1 is 1.09 bits per heavy atom. The second-order valence-electron chi connectivity index (χ2n) is 11.9. The smallest absolute Gasteiger partial charge is 0.272 e. The van der Waals surface area contributed by atoms with Gasteiger partial charge >= 0.3 is 0 Å². The molecule has 1 aliphatic rings. The van der Waals surface area contributed by atoms with Crippen molar-refractivity contribution in [2.24, 2.45) is 0 Å². The number of piperazine rings is 1. The number of nitrogens with zero attached hydrogens (tertiary/aromatic N) is 4. The van der Waals surface area contributed by atoms with Crippen LogP contribution in [0.5, 0.6) is 5.88 Å². The molecule has 0 saturated carbocycles. The molecule has 0 bridgehead atoms. The largest absolute Gasteiger partial charge is 0.476 e. The van der Waals surface area contributed by atoms with Crippen LogP contribution in [0.15, 0.2) is 17.2 Å². The van der Waals surface area contributed by atoms with Gasteiger partial charge in [0.2, 0.25) is 15.9 Å². The number of aromatic nitrogens is 3. The molecule has 0 atom stereocenters. The van der Waals surface area contributed by atoms with Crippen molar-refractivity contribution in [3.05, 3.63) is 29.2 Å². The van der Waals surface area contributed by atoms with Gasteiger partial charge in [-0.3, -0.25) is 14.7 Å². The lowest BCUT2D eigenvalue weighted by atomic mass is 10.1. The number of aromatic amines is 1. The molecule has 15 heteroatoms. The van der Waals surface area contributed by atoms with Gasteiger partial charge in [0.1, 0.15) is 10.6 Å². The number of pyridine rings is 1. The van der Waals surface area contributed by atoms with E-state index in [1.54, 1.807) is 6.92 Å². The lowest BCUT2D eigenvalue weighted by Gasteiger charge is -2.36. The van der Waals surface area contributed by atoms with Crippen LogP contribution in [0.4, 0.5) is 5.69 Å². The number of carbonyl (C=O) groups is 2. The van der Waals surface area contributed by atoms with Crippen LogP contribution >= 0.6 is 0 Å². The zero-order valence-electron chi connectivity index (χ0n) is 26.7. The van der Waals surface area contributed by atoms with Crippen LogP contribution in [0.1, 0.15) is 68.1 Å². The molecule has 0 aromatic carbocycles. The zero-order chi connectivity index (χ0) is 32.0. The second kappa shape index (κ2) is 14.3. The van der Waals surface area contributed by atoms with Crippen LogP contribution in [0.3, 0.4) is 0 Å². The fraction of sp³-hybridized carbons (Fsp3) is 0.643. The summed E-state index contributed by atoms with van der Waals surface area (Å²) in [5.74, 6) is -1.09. The van der Waals surface area contributed by atoms with E-state index in [-0.39, 0.29) is 45.9 Å². The average Bonchev–Trinajstić information content (AvgIpc) is 3.40. The molecule has 3 rings (SSSR count). The van der Waals surface area contributed by atoms with Crippen molar-refractivity contribution in [3.8, 4) is 5.88 Å². The van der Waals surface area contributed by atoms with Crippen molar-refractivity contribution < 1.29 is 27.2 Å². The predicted molar refractivity (Wildman–Crippen MR) is 168 cm³/mol. The summed E-state index contributed by atoms with van der Waals surface area (Å²) in [7, 11) is -5.84. The highest BCUT2D eigenvalue weighted by molar-refractivity contribution is 7.89. The summed E-state index contributed by atoms with van der Waals surface area (Å²) in [5.41, 5.74) is 0.544. The standard InChI is InChI=1S/C28H47N7O6SSi/c1-9-21-23(24(33-32-21)26(37)29-12-17-41-43(7,8)28(4,5)6)25(36)31-22-18-20(19-30-27(22)40-11-3)42(38,39)35-15-13-34(10-2)14-16-35/h18-19H,9-17H2,1-8H3,(H,29,37)(H,31,36)(H,32,33). The number of likely N-dealkylation sites (N-methyl/N-ethyl adjacent to an activating group) is 1. The van der Waals surface area contributed by atoms with E-state index >= 15 is 0 Å². The van der Waals surface area contributed by atoms with Crippen LogP contribution < -0.4 is 15.4 Å². The van der Waals surface area contributed by atoms with Crippen molar-refractivity contribution in [2.45, 2.75) is 71.0 Å². The molecule has 43 heavy (non-hydrogen) atoms. The number of anilines is 1. The maximum Gasteiger partial charge on any atom is 0.272 e. The third-order valence-corrected chi connectivity index (χ3v) is 14.5. The number of sulfonamides is 1. The number of H-pyrrole nitrogens is 1. The summed E-state index contributed by atoms with van der Waals surface area (Å²) >= 11 is 0. The van der Waals surface area contributed by atoms with E-state index in [1.807, 2.05) is 13.8 Å². The van der Waals surface area contributed by atoms with E-state index in [2.05, 4.69) is 64.6 Å². The molecular weight excluding hydrogens is 591 g/mol. The number of amides is 2. The minimum atomic E-state index is -3.86. The van der Waals surface area contributed by atoms with Gasteiger partial charge in [0.15, 0.2) is 14.0 Å². The maximum atomic E-state index is 13.6. The molecule has 3 heterocycles. The molecule has 240 valence electrons. The fourth-order valence-corrected chi connectivity index (χ4v) is 6.79. The zero-order valence-corrected chi connectivity index (χ0v) is 28.5. The molecule has 1 saturated heterocycles. The number of nitrogens with one attached hydrogen (secondary N) is 3. The van der Waals surface area contributed by atoms with Crippen LogP contribution in [0.2, 0.25) is 18.1 Å². The highest BCUT2D eigenvalue weighted by Crippen LogP contribution is 2.36. The Labute approximate surface area is 256 Å². The van der Waals surface area contributed by atoms with Crippen molar-refractivity contribution in [1.82, 2.24) is 29.7 Å². The number of rotatable bonds is 13. The molecule has 0 spiro atoms. The van der Waals surface area contributed by atoms with E-state index in [1.165, 1.54) is 16.6 Å². The highest BCUT2D eigenvalue weighted by Gasteiger charge is 2.37. The predicted octanol–water partition coefficient (Wildman–Crippen LogP) is 3.10. The van der Waals surface area contributed by atoms with Gasteiger partial charge < -0.3 is 24.7 Å². The first kappa shape index (κ1) is 34.6. The van der Waals surface area contributed by atoms with Crippen LogP contribution in [-0.2, 0) is 20.9 Å². The average molecular weight is 638 g/mol. The molecule has 1 fully saturated rings. The monoisotopic (exact) mass is 637 g/mol. The normalized spacial score (nSPS) is 15.3. The number of carbonyl (C=O) groups excluding carboxylic acids is 2. The minimum absolute atomic E-state index is 0.0381. The van der Waals surface area contributed by atoms with Crippen molar-refractivity contribution in [1.29, 1.82) is 0 Å². The van der Waals surface area contributed by atoms with Gasteiger partial charge in [-0.25, -0.2) is 13.4 Å². The molecule has 2 aromatic rings. The Kier molecular flexibility index (Phi) is 11.5. The molecular formula is C28H47N7O6SSi. The number of ether oxygens (including phenoxy) is 1. The maximum absolute atomic E-state index is 13.6. The molecule has 1 aliphatic heterocycles. The topological polar surface area (TPSA) is 159 Å². The Hall–Kier alpha value is -2.85. The minimum Gasteiger partial charge on any atom is -0.476 e. The van der Waals surface area contributed by atoms with Gasteiger partial charge in [0.05, 0.1) is 25.0 Å². The van der Waals surface area contributed by atoms with Crippen LogP contribution in [-0.4, -0.2) is 105 Å². The number of hydrogen-bond donors (Lipinski definition) is 3. The number of aryl methyl sites for hydroxylation is 1. The fourth-order valence-electron chi connectivity index (χ4n) is 4.35. The van der Waals surface area contributed by atoms with E-state index < -0.39 is 30.2 Å². The molecule has 0 unspecified atom stereocenters. The van der Waals surface area contributed by atoms with Gasteiger partial charge in [-0.1, -0.05) is 34.6 Å². The van der Waals surface area contributed by atoms with E-state index in [9.17, 15) is 18.0 Å². The Bertz CT molecular complexity index is 1380. The van der Waals surface area contributed by atoms with Gasteiger partial charge in [-0.05, 0) is 44.1 Å². The molecule has 0 aliphatic carbocycles. The third kappa shape index (κ3) is 8.20. The molecule has 13 nitrogen and oxygen atoms in total. The van der Waals surface area contributed by atoms with Gasteiger partial charge in [0, 0.05) is 38.4 Å². The second-order valence-corrected chi connectivity index (χ2v) is 18.6. The Balaban J connectivity index is 1.81. The Morgan fingerprint density at radius 3 is 2.35 bits per heavy atom. The third-order valence-electron chi connectivity index (χ3n) is 8.07. The number of hydrogen-bond acceptors (Lipinski definition) is 9.